The number of halogens is 3. The van der Waals surface area contributed by atoms with Crippen molar-refractivity contribution in [1.82, 2.24) is 4.90 Å². The van der Waals surface area contributed by atoms with E-state index in [0.29, 0.717) is 5.69 Å². The smallest absolute Gasteiger partial charge is 0.387 e. The number of carbonyl (C=O) groups is 1. The van der Waals surface area contributed by atoms with Crippen LogP contribution in [0.25, 0.3) is 0 Å². The maximum absolute atomic E-state index is 12.2. The summed E-state index contributed by atoms with van der Waals surface area (Å²) < 4.78 is 33.9. The van der Waals surface area contributed by atoms with Gasteiger partial charge in [0.15, 0.2) is 0 Å². The van der Waals surface area contributed by atoms with Crippen molar-refractivity contribution < 1.29 is 23.0 Å². The fourth-order valence-corrected chi connectivity index (χ4v) is 2.70. The standard InChI is InChI=1S/C15H19ClF2N2O3/c1-22-11-4-6-20(7-5-11)9-14(21)19-10-2-3-13(12(16)8-10)23-15(17)18/h2-3,8,11,15H,4-7,9H2,1H3,(H,19,21). The second-order valence-corrected chi connectivity index (χ2v) is 5.69. The maximum Gasteiger partial charge on any atom is 0.387 e. The number of hydrogen-bond donors (Lipinski definition) is 1. The van der Waals surface area contributed by atoms with Crippen molar-refractivity contribution in [3.63, 3.8) is 0 Å². The Balaban J connectivity index is 1.84. The van der Waals surface area contributed by atoms with Crippen LogP contribution in [0.2, 0.25) is 5.02 Å². The molecule has 0 unspecified atom stereocenters. The van der Waals surface area contributed by atoms with Crippen LogP contribution in [-0.2, 0) is 9.53 Å². The lowest BCUT2D eigenvalue weighted by molar-refractivity contribution is -0.117. The Hall–Kier alpha value is -1.44. The zero-order valence-corrected chi connectivity index (χ0v) is 13.5. The van der Waals surface area contributed by atoms with Gasteiger partial charge in [-0.1, -0.05) is 11.6 Å². The summed E-state index contributed by atoms with van der Waals surface area (Å²) in [6.07, 6.45) is 2.06. The topological polar surface area (TPSA) is 50.8 Å². The predicted molar refractivity (Wildman–Crippen MR) is 83.2 cm³/mol. The Morgan fingerprint density at radius 1 is 1.43 bits per heavy atom. The fraction of sp³-hybridized carbons (Fsp3) is 0.533. The highest BCUT2D eigenvalue weighted by molar-refractivity contribution is 6.32. The molecule has 1 aliphatic rings. The van der Waals surface area contributed by atoms with E-state index in [-0.39, 0.29) is 29.3 Å². The van der Waals surface area contributed by atoms with Crippen LogP contribution in [0.3, 0.4) is 0 Å². The number of nitrogens with zero attached hydrogens (tertiary/aromatic N) is 1. The van der Waals surface area contributed by atoms with Gasteiger partial charge < -0.3 is 14.8 Å². The first kappa shape index (κ1) is 17.9. The van der Waals surface area contributed by atoms with Crippen LogP contribution in [0.1, 0.15) is 12.8 Å². The molecule has 1 aromatic carbocycles. The molecule has 1 amide bonds. The fourth-order valence-electron chi connectivity index (χ4n) is 2.48. The highest BCUT2D eigenvalue weighted by atomic mass is 35.5. The van der Waals surface area contributed by atoms with E-state index in [4.69, 9.17) is 16.3 Å². The van der Waals surface area contributed by atoms with E-state index in [2.05, 4.69) is 10.1 Å². The molecule has 5 nitrogen and oxygen atoms in total. The average Bonchev–Trinajstić information content (AvgIpc) is 2.50. The molecule has 0 aliphatic carbocycles. The van der Waals surface area contributed by atoms with E-state index in [1.165, 1.54) is 18.2 Å². The van der Waals surface area contributed by atoms with E-state index in [9.17, 15) is 13.6 Å². The van der Waals surface area contributed by atoms with Gasteiger partial charge in [0.1, 0.15) is 5.75 Å². The van der Waals surface area contributed by atoms with Crippen LogP contribution >= 0.6 is 11.6 Å². The number of likely N-dealkylation sites (tertiary alicyclic amines) is 1. The Labute approximate surface area is 138 Å². The SMILES string of the molecule is COC1CCN(CC(=O)Nc2ccc(OC(F)F)c(Cl)c2)CC1. The molecule has 1 heterocycles. The number of piperidine rings is 1. The molecule has 0 radical (unpaired) electrons. The summed E-state index contributed by atoms with van der Waals surface area (Å²) in [7, 11) is 1.69. The Kier molecular flexibility index (Phi) is 6.56. The molecule has 0 saturated carbocycles. The molecule has 8 heteroatoms. The number of anilines is 1. The van der Waals surface area contributed by atoms with Gasteiger partial charge in [0, 0.05) is 25.9 Å². The van der Waals surface area contributed by atoms with Gasteiger partial charge in [0.25, 0.3) is 0 Å². The van der Waals surface area contributed by atoms with Crippen molar-refractivity contribution in [3.05, 3.63) is 23.2 Å². The number of hydrogen-bond acceptors (Lipinski definition) is 4. The summed E-state index contributed by atoms with van der Waals surface area (Å²) >= 11 is 5.85. The Bertz CT molecular complexity index is 537. The van der Waals surface area contributed by atoms with Crippen LogP contribution in [0.15, 0.2) is 18.2 Å². The number of amides is 1. The largest absolute Gasteiger partial charge is 0.433 e. The number of rotatable bonds is 6. The van der Waals surface area contributed by atoms with Crippen molar-refractivity contribution >= 4 is 23.2 Å². The lowest BCUT2D eigenvalue weighted by Crippen LogP contribution is -2.41. The van der Waals surface area contributed by atoms with E-state index >= 15 is 0 Å². The van der Waals surface area contributed by atoms with Crippen molar-refractivity contribution in [2.45, 2.75) is 25.6 Å². The minimum absolute atomic E-state index is 0.0176. The molecule has 128 valence electrons. The zero-order chi connectivity index (χ0) is 16.8. The number of methoxy groups -OCH3 is 1. The number of benzene rings is 1. The van der Waals surface area contributed by atoms with Crippen molar-refractivity contribution in [1.29, 1.82) is 0 Å². The molecule has 0 atom stereocenters. The molecule has 2 rings (SSSR count). The molecule has 0 spiro atoms. The molecule has 0 bridgehead atoms. The number of alkyl halides is 2. The summed E-state index contributed by atoms with van der Waals surface area (Å²) in [6.45, 7) is -1.08. The number of ether oxygens (including phenoxy) is 2. The number of nitrogens with one attached hydrogen (secondary N) is 1. The maximum atomic E-state index is 12.2. The summed E-state index contributed by atoms with van der Waals surface area (Å²) in [5, 5.41) is 2.71. The average molecular weight is 349 g/mol. The van der Waals surface area contributed by atoms with E-state index in [1.807, 2.05) is 4.90 Å². The molecule has 1 aliphatic heterocycles. The van der Waals surface area contributed by atoms with Gasteiger partial charge in [-0.25, -0.2) is 0 Å². The number of carbonyl (C=O) groups excluding carboxylic acids is 1. The normalized spacial score (nSPS) is 16.6. The molecule has 0 aromatic heterocycles. The predicted octanol–water partition coefficient (Wildman–Crippen LogP) is 2.99. The monoisotopic (exact) mass is 348 g/mol. The minimum atomic E-state index is -2.94. The van der Waals surface area contributed by atoms with E-state index < -0.39 is 6.61 Å². The van der Waals surface area contributed by atoms with Gasteiger partial charge >= 0.3 is 6.61 Å². The van der Waals surface area contributed by atoms with E-state index in [0.717, 1.165) is 25.9 Å². The van der Waals surface area contributed by atoms with Gasteiger partial charge in [-0.3, -0.25) is 9.69 Å². The summed E-state index contributed by atoms with van der Waals surface area (Å²) in [5.74, 6) is -0.305. The van der Waals surface area contributed by atoms with Crippen LogP contribution in [0.4, 0.5) is 14.5 Å². The molecule has 23 heavy (non-hydrogen) atoms. The molecule has 1 saturated heterocycles. The first-order valence-electron chi connectivity index (χ1n) is 7.27. The Morgan fingerprint density at radius 3 is 2.70 bits per heavy atom. The van der Waals surface area contributed by atoms with Gasteiger partial charge in [-0.15, -0.1) is 0 Å². The summed E-state index contributed by atoms with van der Waals surface area (Å²) in [5.41, 5.74) is 0.438. The van der Waals surface area contributed by atoms with Gasteiger partial charge in [-0.2, -0.15) is 8.78 Å². The highest BCUT2D eigenvalue weighted by Crippen LogP contribution is 2.28. The highest BCUT2D eigenvalue weighted by Gasteiger charge is 2.20. The van der Waals surface area contributed by atoms with Crippen LogP contribution < -0.4 is 10.1 Å². The molecular weight excluding hydrogens is 330 g/mol. The first-order valence-corrected chi connectivity index (χ1v) is 7.65. The van der Waals surface area contributed by atoms with Gasteiger partial charge in [0.05, 0.1) is 17.7 Å². The van der Waals surface area contributed by atoms with Crippen LogP contribution in [0, 0.1) is 0 Å². The third kappa shape index (κ3) is 5.60. The van der Waals surface area contributed by atoms with Crippen LogP contribution in [0.5, 0.6) is 5.75 Å². The van der Waals surface area contributed by atoms with Crippen molar-refractivity contribution in [3.8, 4) is 5.75 Å². The lowest BCUT2D eigenvalue weighted by Gasteiger charge is -2.30. The zero-order valence-electron chi connectivity index (χ0n) is 12.7. The van der Waals surface area contributed by atoms with Crippen LogP contribution in [-0.4, -0.2) is 50.3 Å². The molecule has 1 aromatic rings. The Morgan fingerprint density at radius 2 is 2.13 bits per heavy atom. The third-order valence-electron chi connectivity index (χ3n) is 3.67. The lowest BCUT2D eigenvalue weighted by atomic mass is 10.1. The molecule has 1 fully saturated rings. The second kappa shape index (κ2) is 8.42. The van der Waals surface area contributed by atoms with Crippen molar-refractivity contribution in [2.24, 2.45) is 0 Å². The van der Waals surface area contributed by atoms with Crippen molar-refractivity contribution in [2.75, 3.05) is 32.1 Å². The van der Waals surface area contributed by atoms with E-state index in [1.54, 1.807) is 7.11 Å². The first-order chi connectivity index (χ1) is 11.0. The molecular formula is C15H19ClF2N2O3. The van der Waals surface area contributed by atoms with Gasteiger partial charge in [-0.05, 0) is 31.0 Å². The molecule has 1 N–H and O–H groups in total. The van der Waals surface area contributed by atoms with Gasteiger partial charge in [0.2, 0.25) is 5.91 Å². The summed E-state index contributed by atoms with van der Waals surface area (Å²) in [6, 6.07) is 4.15. The summed E-state index contributed by atoms with van der Waals surface area (Å²) in [4.78, 5) is 14.1. The quantitative estimate of drug-likeness (QED) is 0.858. The second-order valence-electron chi connectivity index (χ2n) is 5.28. The third-order valence-corrected chi connectivity index (χ3v) is 3.96. The minimum Gasteiger partial charge on any atom is -0.433 e.